The van der Waals surface area contributed by atoms with Gasteiger partial charge in [0.05, 0.1) is 0 Å². The number of hydrogen-bond donors (Lipinski definition) is 0. The summed E-state index contributed by atoms with van der Waals surface area (Å²) in [6, 6.07) is 0. The van der Waals surface area contributed by atoms with Gasteiger partial charge in [-0.05, 0) is 12.8 Å². The SMILES string of the molecule is C=C1CCN(C(=O)/C=N/OC)CC1. The Kier molecular flexibility index (Phi) is 3.49. The van der Waals surface area contributed by atoms with Crippen LogP contribution in [0, 0.1) is 0 Å². The van der Waals surface area contributed by atoms with E-state index in [2.05, 4.69) is 16.6 Å². The molecule has 1 saturated heterocycles. The van der Waals surface area contributed by atoms with Gasteiger partial charge >= 0.3 is 0 Å². The Bertz CT molecular complexity index is 226. The molecule has 0 N–H and O–H groups in total. The molecular formula is C9H14N2O2. The maximum absolute atomic E-state index is 11.3. The molecule has 0 spiro atoms. The van der Waals surface area contributed by atoms with Crippen LogP contribution >= 0.6 is 0 Å². The number of likely N-dealkylation sites (tertiary alicyclic amines) is 1. The van der Waals surface area contributed by atoms with E-state index < -0.39 is 0 Å². The van der Waals surface area contributed by atoms with Crippen LogP contribution in [0.5, 0.6) is 0 Å². The van der Waals surface area contributed by atoms with Gasteiger partial charge < -0.3 is 9.74 Å². The quantitative estimate of drug-likeness (QED) is 0.360. The Hall–Kier alpha value is -1.32. The van der Waals surface area contributed by atoms with Gasteiger partial charge in [-0.25, -0.2) is 0 Å². The minimum absolute atomic E-state index is 0.0886. The molecule has 0 aliphatic carbocycles. The third-order valence-electron chi connectivity index (χ3n) is 2.05. The standard InChI is InChI=1S/C9H14N2O2/c1-8-3-5-11(6-4-8)9(12)7-10-13-2/h7H,1,3-6H2,2H3/b10-7+. The third kappa shape index (κ3) is 2.89. The molecule has 1 amide bonds. The smallest absolute Gasteiger partial charge is 0.268 e. The minimum atomic E-state index is -0.0886. The average molecular weight is 182 g/mol. The molecule has 0 saturated carbocycles. The van der Waals surface area contributed by atoms with Crippen molar-refractivity contribution in [2.24, 2.45) is 5.16 Å². The van der Waals surface area contributed by atoms with Crippen LogP contribution in [-0.2, 0) is 9.63 Å². The lowest BCUT2D eigenvalue weighted by Crippen LogP contribution is -2.36. The highest BCUT2D eigenvalue weighted by atomic mass is 16.6. The molecule has 0 bridgehead atoms. The van der Waals surface area contributed by atoms with Crippen molar-refractivity contribution < 1.29 is 9.63 Å². The number of carbonyl (C=O) groups is 1. The molecule has 1 rings (SSSR count). The first-order chi connectivity index (χ1) is 6.24. The van der Waals surface area contributed by atoms with Crippen LogP contribution < -0.4 is 0 Å². The Balaban J connectivity index is 2.40. The van der Waals surface area contributed by atoms with Gasteiger partial charge in [-0.3, -0.25) is 4.79 Å². The highest BCUT2D eigenvalue weighted by Crippen LogP contribution is 2.13. The molecule has 0 unspecified atom stereocenters. The van der Waals surface area contributed by atoms with E-state index in [9.17, 15) is 4.79 Å². The molecule has 0 aromatic rings. The molecule has 0 radical (unpaired) electrons. The first-order valence-electron chi connectivity index (χ1n) is 4.26. The minimum Gasteiger partial charge on any atom is -0.399 e. The highest BCUT2D eigenvalue weighted by Gasteiger charge is 2.16. The van der Waals surface area contributed by atoms with Crippen molar-refractivity contribution in [3.8, 4) is 0 Å². The first kappa shape index (κ1) is 9.77. The summed E-state index contributed by atoms with van der Waals surface area (Å²) >= 11 is 0. The van der Waals surface area contributed by atoms with Crippen molar-refractivity contribution in [1.82, 2.24) is 4.90 Å². The zero-order valence-corrected chi connectivity index (χ0v) is 7.82. The predicted molar refractivity (Wildman–Crippen MR) is 50.5 cm³/mol. The summed E-state index contributed by atoms with van der Waals surface area (Å²) in [5.74, 6) is -0.0886. The molecule has 4 nitrogen and oxygen atoms in total. The van der Waals surface area contributed by atoms with E-state index in [-0.39, 0.29) is 5.91 Å². The largest absolute Gasteiger partial charge is 0.399 e. The van der Waals surface area contributed by atoms with Gasteiger partial charge in [0.15, 0.2) is 0 Å². The second-order valence-electron chi connectivity index (χ2n) is 2.99. The number of hydrogen-bond acceptors (Lipinski definition) is 3. The van der Waals surface area contributed by atoms with Gasteiger partial charge in [0.1, 0.15) is 13.3 Å². The van der Waals surface area contributed by atoms with Gasteiger partial charge in [-0.15, -0.1) is 0 Å². The monoisotopic (exact) mass is 182 g/mol. The zero-order valence-electron chi connectivity index (χ0n) is 7.82. The number of amides is 1. The molecule has 4 heteroatoms. The van der Waals surface area contributed by atoms with Crippen LogP contribution in [0.15, 0.2) is 17.3 Å². The van der Waals surface area contributed by atoms with E-state index in [0.29, 0.717) is 0 Å². The highest BCUT2D eigenvalue weighted by molar-refractivity contribution is 6.25. The second kappa shape index (κ2) is 4.64. The molecule has 0 atom stereocenters. The van der Waals surface area contributed by atoms with E-state index in [0.717, 1.165) is 25.9 Å². The molecule has 1 heterocycles. The van der Waals surface area contributed by atoms with Crippen molar-refractivity contribution in [3.63, 3.8) is 0 Å². The van der Waals surface area contributed by atoms with Gasteiger partial charge in [0, 0.05) is 13.1 Å². The molecule has 1 aliphatic heterocycles. The summed E-state index contributed by atoms with van der Waals surface area (Å²) in [6.07, 6.45) is 2.99. The Morgan fingerprint density at radius 2 is 2.23 bits per heavy atom. The van der Waals surface area contributed by atoms with Crippen LogP contribution in [0.4, 0.5) is 0 Å². The van der Waals surface area contributed by atoms with Crippen molar-refractivity contribution in [2.75, 3.05) is 20.2 Å². The van der Waals surface area contributed by atoms with Gasteiger partial charge in [0.25, 0.3) is 5.91 Å². The number of carbonyl (C=O) groups excluding carboxylic acids is 1. The zero-order chi connectivity index (χ0) is 9.68. The van der Waals surface area contributed by atoms with E-state index >= 15 is 0 Å². The number of oxime groups is 1. The summed E-state index contributed by atoms with van der Waals surface area (Å²) < 4.78 is 0. The molecule has 0 aromatic carbocycles. The van der Waals surface area contributed by atoms with Crippen LogP contribution in [0.1, 0.15) is 12.8 Å². The number of piperidine rings is 1. The number of nitrogens with zero attached hydrogens (tertiary/aromatic N) is 2. The molecule has 1 fully saturated rings. The van der Waals surface area contributed by atoms with Crippen molar-refractivity contribution in [3.05, 3.63) is 12.2 Å². The van der Waals surface area contributed by atoms with Gasteiger partial charge in [-0.2, -0.15) is 0 Å². The molecular weight excluding hydrogens is 168 g/mol. The van der Waals surface area contributed by atoms with Crippen LogP contribution in [-0.4, -0.2) is 37.2 Å². The summed E-state index contributed by atoms with van der Waals surface area (Å²) in [5, 5.41) is 3.43. The van der Waals surface area contributed by atoms with E-state index in [1.807, 2.05) is 0 Å². The molecule has 72 valence electrons. The van der Waals surface area contributed by atoms with Crippen LogP contribution in [0.2, 0.25) is 0 Å². The topological polar surface area (TPSA) is 41.9 Å². The summed E-state index contributed by atoms with van der Waals surface area (Å²) in [4.78, 5) is 17.5. The van der Waals surface area contributed by atoms with Gasteiger partial charge in [0.2, 0.25) is 0 Å². The molecule has 0 aromatic heterocycles. The lowest BCUT2D eigenvalue weighted by molar-refractivity contribution is -0.124. The van der Waals surface area contributed by atoms with Crippen molar-refractivity contribution >= 4 is 12.1 Å². The predicted octanol–water partition coefficient (Wildman–Crippen LogP) is 0.797. The summed E-state index contributed by atoms with van der Waals surface area (Å²) in [7, 11) is 1.42. The fraction of sp³-hybridized carbons (Fsp3) is 0.556. The Morgan fingerprint density at radius 3 is 2.77 bits per heavy atom. The van der Waals surface area contributed by atoms with Crippen LogP contribution in [0.3, 0.4) is 0 Å². The van der Waals surface area contributed by atoms with Gasteiger partial charge in [-0.1, -0.05) is 17.3 Å². The lowest BCUT2D eigenvalue weighted by Gasteiger charge is -2.26. The number of rotatable bonds is 2. The van der Waals surface area contributed by atoms with Crippen molar-refractivity contribution in [2.45, 2.75) is 12.8 Å². The molecule has 1 aliphatic rings. The van der Waals surface area contributed by atoms with Crippen LogP contribution in [0.25, 0.3) is 0 Å². The molecule has 13 heavy (non-hydrogen) atoms. The Morgan fingerprint density at radius 1 is 1.62 bits per heavy atom. The van der Waals surface area contributed by atoms with E-state index in [1.54, 1.807) is 4.90 Å². The summed E-state index contributed by atoms with van der Waals surface area (Å²) in [6.45, 7) is 5.36. The Labute approximate surface area is 77.8 Å². The van der Waals surface area contributed by atoms with Crippen molar-refractivity contribution in [1.29, 1.82) is 0 Å². The van der Waals surface area contributed by atoms with E-state index in [1.165, 1.54) is 18.9 Å². The van der Waals surface area contributed by atoms with E-state index in [4.69, 9.17) is 0 Å². The maximum atomic E-state index is 11.3. The fourth-order valence-electron chi connectivity index (χ4n) is 1.22. The lowest BCUT2D eigenvalue weighted by atomic mass is 10.1. The average Bonchev–Trinajstić information content (AvgIpc) is 2.15. The fourth-order valence-corrected chi connectivity index (χ4v) is 1.22. The first-order valence-corrected chi connectivity index (χ1v) is 4.26. The maximum Gasteiger partial charge on any atom is 0.268 e. The third-order valence-corrected chi connectivity index (χ3v) is 2.05. The normalized spacial score (nSPS) is 17.9. The second-order valence-corrected chi connectivity index (χ2v) is 2.99. The summed E-state index contributed by atoms with van der Waals surface area (Å²) in [5.41, 5.74) is 1.22.